The van der Waals surface area contributed by atoms with Crippen molar-refractivity contribution in [3.63, 3.8) is 0 Å². The Balaban J connectivity index is 2.58. The summed E-state index contributed by atoms with van der Waals surface area (Å²) in [6.45, 7) is 1.98. The Morgan fingerprint density at radius 1 is 1.40 bits per heavy atom. The monoisotopic (exact) mass is 296 g/mol. The zero-order valence-corrected chi connectivity index (χ0v) is 12.5. The number of hydrogen-bond acceptors (Lipinski definition) is 3. The molecule has 20 heavy (non-hydrogen) atoms. The standard InChI is InChI=1S/C14H20N2O3S/c1-3-4-8-12(13(17)18)16-14(19)15-10-6-5-7-11(9-10)20-2/h5-7,9,12H,3-4,8H2,1-2H3,(H,17,18)(H2,15,16,19). The number of carbonyl (C=O) groups excluding carboxylic acids is 1. The Morgan fingerprint density at radius 3 is 2.75 bits per heavy atom. The fourth-order valence-corrected chi connectivity index (χ4v) is 2.15. The molecule has 6 heteroatoms. The van der Waals surface area contributed by atoms with Gasteiger partial charge in [-0.1, -0.05) is 25.8 Å². The summed E-state index contributed by atoms with van der Waals surface area (Å²) >= 11 is 1.57. The van der Waals surface area contributed by atoms with Gasteiger partial charge in [-0.2, -0.15) is 0 Å². The number of anilines is 1. The molecule has 3 N–H and O–H groups in total. The van der Waals surface area contributed by atoms with Gasteiger partial charge in [0.25, 0.3) is 0 Å². The van der Waals surface area contributed by atoms with E-state index in [1.54, 1.807) is 17.8 Å². The van der Waals surface area contributed by atoms with Gasteiger partial charge in [-0.05, 0) is 30.9 Å². The second kappa shape index (κ2) is 8.47. The van der Waals surface area contributed by atoms with Gasteiger partial charge in [0.15, 0.2) is 0 Å². The zero-order chi connectivity index (χ0) is 15.0. The van der Waals surface area contributed by atoms with Gasteiger partial charge in [0.1, 0.15) is 6.04 Å². The highest BCUT2D eigenvalue weighted by atomic mass is 32.2. The molecule has 1 atom stereocenters. The molecule has 0 fully saturated rings. The fraction of sp³-hybridized carbons (Fsp3) is 0.429. The second-order valence-corrected chi connectivity index (χ2v) is 5.24. The predicted molar refractivity (Wildman–Crippen MR) is 81.3 cm³/mol. The summed E-state index contributed by atoms with van der Waals surface area (Å²) in [5, 5.41) is 14.2. The third kappa shape index (κ3) is 5.52. The smallest absolute Gasteiger partial charge is 0.326 e. The number of hydrogen-bond donors (Lipinski definition) is 3. The molecule has 0 saturated heterocycles. The van der Waals surface area contributed by atoms with Crippen LogP contribution in [0.5, 0.6) is 0 Å². The lowest BCUT2D eigenvalue weighted by Crippen LogP contribution is -2.42. The van der Waals surface area contributed by atoms with E-state index in [1.807, 2.05) is 31.4 Å². The molecule has 0 spiro atoms. The Labute approximate surface area is 123 Å². The Hall–Kier alpha value is -1.69. The van der Waals surface area contributed by atoms with E-state index in [0.29, 0.717) is 12.1 Å². The van der Waals surface area contributed by atoms with Crippen molar-refractivity contribution in [3.8, 4) is 0 Å². The number of urea groups is 1. The molecular formula is C14H20N2O3S. The zero-order valence-electron chi connectivity index (χ0n) is 11.7. The average molecular weight is 296 g/mol. The van der Waals surface area contributed by atoms with Crippen LogP contribution in [0.3, 0.4) is 0 Å². The lowest BCUT2D eigenvalue weighted by molar-refractivity contribution is -0.139. The highest BCUT2D eigenvalue weighted by molar-refractivity contribution is 7.98. The van der Waals surface area contributed by atoms with E-state index >= 15 is 0 Å². The number of nitrogens with one attached hydrogen (secondary N) is 2. The molecule has 0 heterocycles. The van der Waals surface area contributed by atoms with Crippen LogP contribution in [0, 0.1) is 0 Å². The first-order valence-corrected chi connectivity index (χ1v) is 7.73. The van der Waals surface area contributed by atoms with Crippen molar-refractivity contribution in [2.45, 2.75) is 37.1 Å². The summed E-state index contributed by atoms with van der Waals surface area (Å²) in [6, 6.07) is 6.04. The summed E-state index contributed by atoms with van der Waals surface area (Å²) in [4.78, 5) is 23.9. The number of carbonyl (C=O) groups is 2. The van der Waals surface area contributed by atoms with Crippen LogP contribution >= 0.6 is 11.8 Å². The van der Waals surface area contributed by atoms with Crippen LogP contribution in [0.25, 0.3) is 0 Å². The van der Waals surface area contributed by atoms with Gasteiger partial charge in [-0.15, -0.1) is 11.8 Å². The van der Waals surface area contributed by atoms with Crippen molar-refractivity contribution < 1.29 is 14.7 Å². The number of aliphatic carboxylic acids is 1. The van der Waals surface area contributed by atoms with E-state index in [0.717, 1.165) is 17.7 Å². The minimum Gasteiger partial charge on any atom is -0.480 e. The number of thioether (sulfide) groups is 1. The molecule has 0 radical (unpaired) electrons. The van der Waals surface area contributed by atoms with Crippen LogP contribution in [-0.2, 0) is 4.79 Å². The summed E-state index contributed by atoms with van der Waals surface area (Å²) in [6.07, 6.45) is 4.04. The Bertz CT molecular complexity index is 465. The SMILES string of the molecule is CCCCC(NC(=O)Nc1cccc(SC)c1)C(=O)O. The third-order valence-corrected chi connectivity index (χ3v) is 3.50. The summed E-state index contributed by atoms with van der Waals surface area (Å²) in [7, 11) is 0. The van der Waals surface area contributed by atoms with Gasteiger partial charge in [0.05, 0.1) is 0 Å². The molecule has 1 aromatic carbocycles. The van der Waals surface area contributed by atoms with E-state index in [1.165, 1.54) is 0 Å². The van der Waals surface area contributed by atoms with Crippen molar-refractivity contribution in [3.05, 3.63) is 24.3 Å². The first-order valence-electron chi connectivity index (χ1n) is 6.51. The van der Waals surface area contributed by atoms with Crippen molar-refractivity contribution in [2.24, 2.45) is 0 Å². The molecule has 0 aliphatic carbocycles. The van der Waals surface area contributed by atoms with Crippen molar-refractivity contribution in [2.75, 3.05) is 11.6 Å². The van der Waals surface area contributed by atoms with Crippen LogP contribution in [0.15, 0.2) is 29.2 Å². The molecule has 2 amide bonds. The molecule has 110 valence electrons. The van der Waals surface area contributed by atoms with Crippen molar-refractivity contribution in [1.29, 1.82) is 0 Å². The van der Waals surface area contributed by atoms with E-state index in [4.69, 9.17) is 5.11 Å². The first kappa shape index (κ1) is 16.4. The quantitative estimate of drug-likeness (QED) is 0.675. The predicted octanol–water partition coefficient (Wildman–Crippen LogP) is 3.17. The van der Waals surface area contributed by atoms with Crippen LogP contribution in [0.4, 0.5) is 10.5 Å². The summed E-state index contributed by atoms with van der Waals surface area (Å²) < 4.78 is 0. The third-order valence-electron chi connectivity index (χ3n) is 2.78. The first-order chi connectivity index (χ1) is 9.56. The molecule has 5 nitrogen and oxygen atoms in total. The number of carboxylic acids is 1. The number of unbranched alkanes of at least 4 members (excludes halogenated alkanes) is 1. The maximum atomic E-state index is 11.8. The van der Waals surface area contributed by atoms with E-state index in [-0.39, 0.29) is 0 Å². The molecule has 0 aromatic heterocycles. The fourth-order valence-electron chi connectivity index (χ4n) is 1.69. The van der Waals surface area contributed by atoms with Crippen LogP contribution in [-0.4, -0.2) is 29.4 Å². The number of benzene rings is 1. The molecule has 1 aromatic rings. The Kier molecular flexibility index (Phi) is 6.93. The van der Waals surface area contributed by atoms with Gasteiger partial charge < -0.3 is 15.7 Å². The van der Waals surface area contributed by atoms with Crippen LogP contribution in [0.1, 0.15) is 26.2 Å². The Morgan fingerprint density at radius 2 is 2.15 bits per heavy atom. The average Bonchev–Trinajstić information content (AvgIpc) is 2.43. The number of carboxylic acid groups (broad SMARTS) is 1. The lowest BCUT2D eigenvalue weighted by Gasteiger charge is -2.15. The van der Waals surface area contributed by atoms with Gasteiger partial charge in [-0.25, -0.2) is 9.59 Å². The van der Waals surface area contributed by atoms with E-state index in [2.05, 4.69) is 10.6 Å². The van der Waals surface area contributed by atoms with Gasteiger partial charge in [0.2, 0.25) is 0 Å². The van der Waals surface area contributed by atoms with Crippen LogP contribution < -0.4 is 10.6 Å². The minimum atomic E-state index is -1.01. The normalized spacial score (nSPS) is 11.7. The topological polar surface area (TPSA) is 78.4 Å². The highest BCUT2D eigenvalue weighted by Crippen LogP contribution is 2.18. The second-order valence-electron chi connectivity index (χ2n) is 4.36. The summed E-state index contributed by atoms with van der Waals surface area (Å²) in [5.74, 6) is -1.01. The molecule has 0 bridgehead atoms. The number of rotatable bonds is 7. The van der Waals surface area contributed by atoms with Crippen LogP contribution in [0.2, 0.25) is 0 Å². The maximum Gasteiger partial charge on any atom is 0.326 e. The van der Waals surface area contributed by atoms with Gasteiger partial charge >= 0.3 is 12.0 Å². The van der Waals surface area contributed by atoms with Crippen molar-refractivity contribution >= 4 is 29.4 Å². The molecule has 1 rings (SSSR count). The molecule has 0 aliphatic heterocycles. The highest BCUT2D eigenvalue weighted by Gasteiger charge is 2.19. The molecular weight excluding hydrogens is 276 g/mol. The largest absolute Gasteiger partial charge is 0.480 e. The van der Waals surface area contributed by atoms with Gasteiger partial charge in [0, 0.05) is 10.6 Å². The lowest BCUT2D eigenvalue weighted by atomic mass is 10.1. The molecule has 1 unspecified atom stereocenters. The molecule has 0 aliphatic rings. The maximum absolute atomic E-state index is 11.8. The van der Waals surface area contributed by atoms with E-state index in [9.17, 15) is 9.59 Å². The number of amides is 2. The van der Waals surface area contributed by atoms with Crippen molar-refractivity contribution in [1.82, 2.24) is 5.32 Å². The summed E-state index contributed by atoms with van der Waals surface area (Å²) in [5.41, 5.74) is 0.647. The minimum absolute atomic E-state index is 0.435. The van der Waals surface area contributed by atoms with Gasteiger partial charge in [-0.3, -0.25) is 0 Å². The molecule has 0 saturated carbocycles. The van der Waals surface area contributed by atoms with E-state index < -0.39 is 18.0 Å².